The van der Waals surface area contributed by atoms with Crippen molar-refractivity contribution in [3.63, 3.8) is 0 Å². The van der Waals surface area contributed by atoms with Gasteiger partial charge in [-0.1, -0.05) is 206 Å². The van der Waals surface area contributed by atoms with Crippen LogP contribution in [0.2, 0.25) is 0 Å². The highest BCUT2D eigenvalue weighted by Gasteiger charge is 2.25. The number of hydrogen-bond donors (Lipinski definition) is 0. The van der Waals surface area contributed by atoms with Gasteiger partial charge in [-0.05, 0) is 154 Å². The van der Waals surface area contributed by atoms with Gasteiger partial charge in [0.25, 0.3) is 0 Å². The lowest BCUT2D eigenvalue weighted by molar-refractivity contribution is 0.664. The smallest absolute Gasteiger partial charge is 0.160 e. The largest absolute Gasteiger partial charge is 0.452 e. The van der Waals surface area contributed by atoms with Gasteiger partial charge in [-0.25, -0.2) is 0 Å². The Morgan fingerprint density at radius 1 is 0.191 bits per heavy atom. The van der Waals surface area contributed by atoms with E-state index in [0.29, 0.717) is 0 Å². The van der Waals surface area contributed by atoms with Crippen LogP contribution < -0.4 is 0 Å². The Hall–Kier alpha value is -11.9. The van der Waals surface area contributed by atoms with Crippen LogP contribution in [0, 0.1) is 0 Å². The number of para-hydroxylation sites is 6. The summed E-state index contributed by atoms with van der Waals surface area (Å²) in [5.74, 6) is 0. The third kappa shape index (κ3) is 7.43. The lowest BCUT2D eigenvalue weighted by atomic mass is 9.98. The molecule has 5 heteroatoms. The van der Waals surface area contributed by atoms with Gasteiger partial charge in [-0.15, -0.1) is 0 Å². The zero-order valence-electron chi connectivity index (χ0n) is 48.2. The summed E-state index contributed by atoms with van der Waals surface area (Å²) in [5, 5.41) is 11.8. The Labute approximate surface area is 511 Å². The number of aromatic nitrogens is 4. The fourth-order valence-corrected chi connectivity index (χ4v) is 14.8. The Morgan fingerprint density at radius 2 is 0.528 bits per heavy atom. The first-order chi connectivity index (χ1) is 44.2. The molecular weight excluding hydrogens is 1080 g/mol. The monoisotopic (exact) mass is 1130 g/mol. The van der Waals surface area contributed by atoms with Crippen molar-refractivity contribution in [1.29, 1.82) is 0 Å². The summed E-state index contributed by atoms with van der Waals surface area (Å²) in [6.45, 7) is 0. The Morgan fingerprint density at radius 3 is 0.966 bits per heavy atom. The molecule has 0 N–H and O–H groups in total. The van der Waals surface area contributed by atoms with Crippen LogP contribution in [0.5, 0.6) is 0 Å². The summed E-state index contributed by atoms with van der Waals surface area (Å²) >= 11 is 0. The molecule has 0 aliphatic heterocycles. The Kier molecular flexibility index (Phi) is 10.7. The zero-order chi connectivity index (χ0) is 58.3. The summed E-state index contributed by atoms with van der Waals surface area (Å²) in [6, 6.07) is 115. The minimum absolute atomic E-state index is 0.840. The predicted molar refractivity (Wildman–Crippen MR) is 373 cm³/mol. The first-order valence-corrected chi connectivity index (χ1v) is 30.6. The van der Waals surface area contributed by atoms with Crippen LogP contribution in [0.4, 0.5) is 0 Å². The topological polar surface area (TPSA) is 32.9 Å². The minimum Gasteiger partial charge on any atom is -0.452 e. The molecule has 14 aromatic carbocycles. The van der Waals surface area contributed by atoms with E-state index in [-0.39, 0.29) is 0 Å². The van der Waals surface area contributed by atoms with Crippen molar-refractivity contribution >= 4 is 109 Å². The molecular formula is C84H52N4O. The van der Waals surface area contributed by atoms with Crippen LogP contribution in [0.1, 0.15) is 0 Å². The van der Waals surface area contributed by atoms with Crippen molar-refractivity contribution in [2.75, 3.05) is 0 Å². The average Bonchev–Trinajstić information content (AvgIpc) is 1.72. The van der Waals surface area contributed by atoms with E-state index in [0.717, 1.165) is 88.9 Å². The van der Waals surface area contributed by atoms with Gasteiger partial charge in [0.15, 0.2) is 11.2 Å². The molecule has 0 spiro atoms. The molecule has 19 aromatic rings. The normalized spacial score (nSPS) is 12.0. The molecule has 5 heterocycles. The molecule has 0 bridgehead atoms. The fourth-order valence-electron chi connectivity index (χ4n) is 14.8. The number of furan rings is 1. The van der Waals surface area contributed by atoms with Gasteiger partial charge in [0.05, 0.1) is 55.5 Å². The molecule has 0 saturated carbocycles. The SMILES string of the molecule is c1ccc(-c2ccc3c(c2)c2cc(-c4ccc5c(c4)c4cc(-c6ccccc6)ccc4n5-c4ccc(-c5ccc(-n6c7ccccc7c7ccccc76)c6oc7c(-n8c9ccccc9c9ccccc98)cccc7c56)cc4)ccc2n3-c2ccccc2)cc1. The van der Waals surface area contributed by atoms with Gasteiger partial charge >= 0.3 is 0 Å². The molecule has 0 aliphatic rings. The maximum absolute atomic E-state index is 7.52. The quantitative estimate of drug-likeness (QED) is 0.149. The Bertz CT molecular complexity index is 5970. The van der Waals surface area contributed by atoms with Crippen LogP contribution in [-0.4, -0.2) is 18.3 Å². The number of rotatable bonds is 8. The second-order valence-corrected chi connectivity index (χ2v) is 23.5. The summed E-state index contributed by atoms with van der Waals surface area (Å²) in [5.41, 5.74) is 24.5. The highest BCUT2D eigenvalue weighted by Crippen LogP contribution is 2.47. The van der Waals surface area contributed by atoms with E-state index in [2.05, 4.69) is 334 Å². The number of fused-ring (bicyclic) bond motifs is 15. The number of nitrogens with zero attached hydrogens (tertiary/aromatic N) is 4. The van der Waals surface area contributed by atoms with E-state index in [1.165, 1.54) is 87.5 Å². The third-order valence-corrected chi connectivity index (χ3v) is 18.8. The Balaban J connectivity index is 0.792. The molecule has 0 unspecified atom stereocenters. The van der Waals surface area contributed by atoms with Crippen molar-refractivity contribution in [2.24, 2.45) is 0 Å². The average molecular weight is 1130 g/mol. The summed E-state index contributed by atoms with van der Waals surface area (Å²) in [6.07, 6.45) is 0. The maximum Gasteiger partial charge on any atom is 0.160 e. The van der Waals surface area contributed by atoms with Gasteiger partial charge in [0.1, 0.15) is 0 Å². The van der Waals surface area contributed by atoms with Gasteiger partial charge in [-0.2, -0.15) is 0 Å². The lowest BCUT2D eigenvalue weighted by Crippen LogP contribution is -1.96. The highest BCUT2D eigenvalue weighted by atomic mass is 16.3. The van der Waals surface area contributed by atoms with Crippen molar-refractivity contribution in [3.05, 3.63) is 315 Å². The van der Waals surface area contributed by atoms with Crippen LogP contribution in [-0.2, 0) is 0 Å². The van der Waals surface area contributed by atoms with E-state index in [4.69, 9.17) is 4.42 Å². The van der Waals surface area contributed by atoms with Crippen molar-refractivity contribution in [1.82, 2.24) is 18.3 Å². The van der Waals surface area contributed by atoms with E-state index in [1.807, 2.05) is 0 Å². The molecule has 89 heavy (non-hydrogen) atoms. The summed E-state index contributed by atoms with van der Waals surface area (Å²) in [4.78, 5) is 0. The first kappa shape index (κ1) is 49.4. The van der Waals surface area contributed by atoms with E-state index >= 15 is 0 Å². The van der Waals surface area contributed by atoms with Crippen LogP contribution in [0.3, 0.4) is 0 Å². The maximum atomic E-state index is 7.52. The molecule has 0 aliphatic carbocycles. The third-order valence-electron chi connectivity index (χ3n) is 18.8. The van der Waals surface area contributed by atoms with Gasteiger partial charge < -0.3 is 22.7 Å². The summed E-state index contributed by atoms with van der Waals surface area (Å²) < 4.78 is 17.1. The van der Waals surface area contributed by atoms with Crippen LogP contribution in [0.15, 0.2) is 320 Å². The molecule has 19 rings (SSSR count). The molecule has 0 atom stereocenters. The molecule has 5 nitrogen and oxygen atoms in total. The predicted octanol–water partition coefficient (Wildman–Crippen LogP) is 22.6. The zero-order valence-corrected chi connectivity index (χ0v) is 48.2. The summed E-state index contributed by atoms with van der Waals surface area (Å²) in [7, 11) is 0. The fraction of sp³-hybridized carbons (Fsp3) is 0. The first-order valence-electron chi connectivity index (χ1n) is 30.6. The van der Waals surface area contributed by atoms with E-state index in [9.17, 15) is 0 Å². The molecule has 5 aromatic heterocycles. The lowest BCUT2D eigenvalue weighted by Gasteiger charge is -2.13. The molecule has 0 radical (unpaired) electrons. The molecule has 0 saturated heterocycles. The second-order valence-electron chi connectivity index (χ2n) is 23.5. The van der Waals surface area contributed by atoms with Crippen LogP contribution in [0.25, 0.3) is 176 Å². The molecule has 0 fully saturated rings. The number of hydrogen-bond acceptors (Lipinski definition) is 1. The van der Waals surface area contributed by atoms with Crippen molar-refractivity contribution in [2.45, 2.75) is 0 Å². The molecule has 414 valence electrons. The minimum atomic E-state index is 0.840. The molecule has 0 amide bonds. The van der Waals surface area contributed by atoms with E-state index in [1.54, 1.807) is 0 Å². The highest BCUT2D eigenvalue weighted by molar-refractivity contribution is 6.20. The van der Waals surface area contributed by atoms with Crippen LogP contribution >= 0.6 is 0 Å². The second kappa shape index (κ2) is 19.3. The van der Waals surface area contributed by atoms with Gasteiger partial charge in [0, 0.05) is 65.2 Å². The van der Waals surface area contributed by atoms with Gasteiger partial charge in [-0.3, -0.25) is 0 Å². The number of benzene rings is 14. The van der Waals surface area contributed by atoms with E-state index < -0.39 is 0 Å². The standard InChI is InChI=1S/C84H52N4O/c1-4-19-53(20-5-1)56-37-44-76-68(49-56)70-51-58(39-46-77(70)85(76)60-23-8-3-9-24-60)59-40-47-79-71(52-59)69-50-57(54-21-6-2-7-22-54)38-45-78(69)86(79)61-41-35-55(36-42-61)62-43-48-81(88-74-32-16-12-27-65(74)66-28-13-17-33-75(66)88)84-82(62)67-29-18-34-80(83(67)89-84)87-72-30-14-10-25-63(72)64-26-11-15-31-73(64)87/h1-52H. The van der Waals surface area contributed by atoms with Crippen molar-refractivity contribution < 1.29 is 4.42 Å². The van der Waals surface area contributed by atoms with Gasteiger partial charge in [0.2, 0.25) is 0 Å². The van der Waals surface area contributed by atoms with Crippen molar-refractivity contribution in [3.8, 4) is 67.3 Å².